The highest BCUT2D eigenvalue weighted by atomic mass is 16.4. The number of hydrogen-bond acceptors (Lipinski definition) is 2. The molecule has 3 N–H and O–H groups in total. The summed E-state index contributed by atoms with van der Waals surface area (Å²) in [5.41, 5.74) is 0.760. The fourth-order valence-corrected chi connectivity index (χ4v) is 2.10. The number of urea groups is 1. The predicted octanol–water partition coefficient (Wildman–Crippen LogP) is 3.22. The van der Waals surface area contributed by atoms with Crippen LogP contribution in [0.5, 0.6) is 0 Å². The summed E-state index contributed by atoms with van der Waals surface area (Å²) < 4.78 is 0. The fraction of sp³-hybridized carbons (Fsp3) is 0.250. The van der Waals surface area contributed by atoms with Gasteiger partial charge in [-0.2, -0.15) is 0 Å². The lowest BCUT2D eigenvalue weighted by atomic mass is 10.1. The van der Waals surface area contributed by atoms with Gasteiger partial charge < -0.3 is 15.7 Å². The van der Waals surface area contributed by atoms with Crippen molar-refractivity contribution in [1.29, 1.82) is 0 Å². The van der Waals surface area contributed by atoms with Crippen LogP contribution >= 0.6 is 0 Å². The molecule has 0 aliphatic heterocycles. The quantitative estimate of drug-likeness (QED) is 0.713. The zero-order valence-electron chi connectivity index (χ0n) is 11.6. The fourth-order valence-electron chi connectivity index (χ4n) is 2.10. The average molecular weight is 286 g/mol. The summed E-state index contributed by atoms with van der Waals surface area (Å²) in [5, 5.41) is 16.1. The van der Waals surface area contributed by atoms with Crippen LogP contribution in [0.25, 0.3) is 10.8 Å². The van der Waals surface area contributed by atoms with Crippen LogP contribution in [0.15, 0.2) is 42.5 Å². The number of aliphatic carboxylic acids is 1. The molecule has 2 rings (SSSR count). The molecule has 21 heavy (non-hydrogen) atoms. The Kier molecular flexibility index (Phi) is 5.15. The van der Waals surface area contributed by atoms with Crippen molar-refractivity contribution in [1.82, 2.24) is 5.32 Å². The topological polar surface area (TPSA) is 78.4 Å². The Morgan fingerprint density at radius 1 is 1.00 bits per heavy atom. The van der Waals surface area contributed by atoms with E-state index < -0.39 is 5.97 Å². The van der Waals surface area contributed by atoms with E-state index in [-0.39, 0.29) is 12.5 Å². The third-order valence-electron chi connectivity index (χ3n) is 3.14. The summed E-state index contributed by atoms with van der Waals surface area (Å²) in [6.45, 7) is 0.462. The number of carbonyl (C=O) groups is 2. The maximum absolute atomic E-state index is 11.8. The van der Waals surface area contributed by atoms with Gasteiger partial charge in [0.15, 0.2) is 0 Å². The highest BCUT2D eigenvalue weighted by molar-refractivity contribution is 6.01. The van der Waals surface area contributed by atoms with Gasteiger partial charge in [0.2, 0.25) is 0 Å². The van der Waals surface area contributed by atoms with Gasteiger partial charge in [-0.1, -0.05) is 36.4 Å². The Balaban J connectivity index is 1.86. The molecule has 0 saturated carbocycles. The van der Waals surface area contributed by atoms with Gasteiger partial charge in [0.05, 0.1) is 5.69 Å². The van der Waals surface area contributed by atoms with E-state index in [2.05, 4.69) is 10.6 Å². The first-order chi connectivity index (χ1) is 10.2. The lowest BCUT2D eigenvalue weighted by molar-refractivity contribution is -0.137. The predicted molar refractivity (Wildman–Crippen MR) is 82.5 cm³/mol. The van der Waals surface area contributed by atoms with Crippen molar-refractivity contribution in [3.05, 3.63) is 42.5 Å². The van der Waals surface area contributed by atoms with Crippen molar-refractivity contribution < 1.29 is 14.7 Å². The van der Waals surface area contributed by atoms with Crippen LogP contribution in [0, 0.1) is 0 Å². The molecule has 0 bridgehead atoms. The summed E-state index contributed by atoms with van der Waals surface area (Å²) in [7, 11) is 0. The number of rotatable bonds is 6. The molecule has 110 valence electrons. The van der Waals surface area contributed by atoms with Gasteiger partial charge in [-0.3, -0.25) is 4.79 Å². The van der Waals surface area contributed by atoms with E-state index in [0.29, 0.717) is 19.4 Å². The maximum Gasteiger partial charge on any atom is 0.319 e. The van der Waals surface area contributed by atoms with Crippen LogP contribution in [0.2, 0.25) is 0 Å². The lowest BCUT2D eigenvalue weighted by Gasteiger charge is -2.10. The van der Waals surface area contributed by atoms with Crippen LogP contribution in [-0.2, 0) is 4.79 Å². The van der Waals surface area contributed by atoms with Crippen LogP contribution in [-0.4, -0.2) is 23.7 Å². The smallest absolute Gasteiger partial charge is 0.319 e. The molecule has 2 aromatic rings. The van der Waals surface area contributed by atoms with Crippen LogP contribution in [0.3, 0.4) is 0 Å². The molecule has 0 spiro atoms. The maximum atomic E-state index is 11.8. The van der Waals surface area contributed by atoms with E-state index >= 15 is 0 Å². The normalized spacial score (nSPS) is 10.3. The molecular weight excluding hydrogens is 268 g/mol. The number of amides is 2. The van der Waals surface area contributed by atoms with Gasteiger partial charge in [0, 0.05) is 18.4 Å². The Morgan fingerprint density at radius 3 is 2.57 bits per heavy atom. The summed E-state index contributed by atoms with van der Waals surface area (Å²) in [4.78, 5) is 22.2. The second-order valence-corrected chi connectivity index (χ2v) is 4.76. The highest BCUT2D eigenvalue weighted by Gasteiger charge is 2.04. The highest BCUT2D eigenvalue weighted by Crippen LogP contribution is 2.22. The number of carboxylic acid groups (broad SMARTS) is 1. The molecule has 5 nitrogen and oxygen atoms in total. The minimum Gasteiger partial charge on any atom is -0.481 e. The second-order valence-electron chi connectivity index (χ2n) is 4.76. The van der Waals surface area contributed by atoms with Gasteiger partial charge in [-0.15, -0.1) is 0 Å². The van der Waals surface area contributed by atoms with E-state index in [1.807, 2.05) is 42.5 Å². The summed E-state index contributed by atoms with van der Waals surface area (Å²) in [6.07, 6.45) is 1.34. The number of benzene rings is 2. The van der Waals surface area contributed by atoms with Crippen LogP contribution < -0.4 is 10.6 Å². The molecule has 0 heterocycles. The zero-order valence-corrected chi connectivity index (χ0v) is 11.6. The molecule has 0 aromatic heterocycles. The Hall–Kier alpha value is -2.56. The molecular formula is C16H18N2O3. The minimum atomic E-state index is -0.810. The Bertz CT molecular complexity index is 635. The van der Waals surface area contributed by atoms with E-state index in [1.54, 1.807) is 0 Å². The number of nitrogens with one attached hydrogen (secondary N) is 2. The molecule has 2 amide bonds. The largest absolute Gasteiger partial charge is 0.481 e. The zero-order chi connectivity index (χ0) is 15.1. The van der Waals surface area contributed by atoms with E-state index in [9.17, 15) is 9.59 Å². The van der Waals surface area contributed by atoms with Crippen molar-refractivity contribution in [3.8, 4) is 0 Å². The van der Waals surface area contributed by atoms with Gasteiger partial charge >= 0.3 is 12.0 Å². The van der Waals surface area contributed by atoms with Crippen molar-refractivity contribution in [2.24, 2.45) is 0 Å². The minimum absolute atomic E-state index is 0.132. The standard InChI is InChI=1S/C16H18N2O3/c19-15(20)10-3-4-11-17-16(21)18-14-9-5-7-12-6-1-2-8-13(12)14/h1-2,5-9H,3-4,10-11H2,(H,19,20)(H2,17,18,21). The SMILES string of the molecule is O=C(O)CCCCNC(=O)Nc1cccc2ccccc12. The summed E-state index contributed by atoms with van der Waals surface area (Å²) in [6, 6.07) is 13.3. The number of unbranched alkanes of at least 4 members (excludes halogenated alkanes) is 1. The number of carbonyl (C=O) groups excluding carboxylic acids is 1. The van der Waals surface area contributed by atoms with E-state index in [1.165, 1.54) is 0 Å². The molecule has 0 aliphatic carbocycles. The molecule has 0 fully saturated rings. The van der Waals surface area contributed by atoms with E-state index in [0.717, 1.165) is 16.5 Å². The number of anilines is 1. The molecule has 0 atom stereocenters. The number of fused-ring (bicyclic) bond motifs is 1. The van der Waals surface area contributed by atoms with Crippen LogP contribution in [0.1, 0.15) is 19.3 Å². The Morgan fingerprint density at radius 2 is 1.76 bits per heavy atom. The first-order valence-corrected chi connectivity index (χ1v) is 6.91. The van der Waals surface area contributed by atoms with Gasteiger partial charge in [0.1, 0.15) is 0 Å². The molecule has 0 saturated heterocycles. The molecule has 5 heteroatoms. The molecule has 0 aliphatic rings. The monoisotopic (exact) mass is 286 g/mol. The van der Waals surface area contributed by atoms with Gasteiger partial charge in [-0.05, 0) is 24.3 Å². The first kappa shape index (κ1) is 14.8. The summed E-state index contributed by atoms with van der Waals surface area (Å²) in [5.74, 6) is -0.810. The average Bonchev–Trinajstić information content (AvgIpc) is 2.47. The molecule has 0 unspecified atom stereocenters. The third-order valence-corrected chi connectivity index (χ3v) is 3.14. The van der Waals surface area contributed by atoms with Crippen LogP contribution in [0.4, 0.5) is 10.5 Å². The van der Waals surface area contributed by atoms with Gasteiger partial charge in [-0.25, -0.2) is 4.79 Å². The molecule has 2 aromatic carbocycles. The number of carboxylic acids is 1. The van der Waals surface area contributed by atoms with Crippen molar-refractivity contribution in [2.75, 3.05) is 11.9 Å². The molecule has 0 radical (unpaired) electrons. The van der Waals surface area contributed by atoms with Gasteiger partial charge in [0.25, 0.3) is 0 Å². The van der Waals surface area contributed by atoms with Crippen molar-refractivity contribution in [3.63, 3.8) is 0 Å². The third kappa shape index (κ3) is 4.49. The first-order valence-electron chi connectivity index (χ1n) is 6.91. The lowest BCUT2D eigenvalue weighted by Crippen LogP contribution is -2.29. The summed E-state index contributed by atoms with van der Waals surface area (Å²) >= 11 is 0. The Labute approximate surface area is 123 Å². The van der Waals surface area contributed by atoms with Crippen molar-refractivity contribution >= 4 is 28.5 Å². The van der Waals surface area contributed by atoms with Crippen molar-refractivity contribution in [2.45, 2.75) is 19.3 Å². The number of hydrogen-bond donors (Lipinski definition) is 3. The second kappa shape index (κ2) is 7.28. The van der Waals surface area contributed by atoms with E-state index in [4.69, 9.17) is 5.11 Å².